The first-order valence-electron chi connectivity index (χ1n) is 10.2. The van der Waals surface area contributed by atoms with Gasteiger partial charge in [0.1, 0.15) is 5.60 Å². The van der Waals surface area contributed by atoms with E-state index in [2.05, 4.69) is 14.9 Å². The van der Waals surface area contributed by atoms with Gasteiger partial charge in [-0.15, -0.1) is 0 Å². The number of hydrogen-bond acceptors (Lipinski definition) is 6. The normalized spacial score (nSPS) is 20.0. The zero-order chi connectivity index (χ0) is 20.6. The smallest absolute Gasteiger partial charge is 0.410 e. The van der Waals surface area contributed by atoms with E-state index in [-0.39, 0.29) is 17.7 Å². The summed E-state index contributed by atoms with van der Waals surface area (Å²) in [5.41, 5.74) is 0.903. The number of rotatable bonds is 3. The predicted octanol–water partition coefficient (Wildman–Crippen LogP) is 2.79. The Morgan fingerprint density at radius 1 is 1.38 bits per heavy atom. The Morgan fingerprint density at radius 3 is 2.93 bits per heavy atom. The number of likely N-dealkylation sites (tertiary alicyclic amines) is 1. The maximum absolute atomic E-state index is 12.6. The summed E-state index contributed by atoms with van der Waals surface area (Å²) < 4.78 is 10.9. The van der Waals surface area contributed by atoms with Gasteiger partial charge in [0, 0.05) is 38.6 Å². The van der Waals surface area contributed by atoms with Gasteiger partial charge in [-0.2, -0.15) is 0 Å². The molecule has 0 bridgehead atoms. The van der Waals surface area contributed by atoms with Gasteiger partial charge in [-0.3, -0.25) is 9.69 Å². The fourth-order valence-corrected chi connectivity index (χ4v) is 4.05. The number of hydrogen-bond donors (Lipinski definition) is 1. The van der Waals surface area contributed by atoms with E-state index in [1.165, 1.54) is 0 Å². The molecule has 0 saturated carbocycles. The first-order chi connectivity index (χ1) is 13.8. The minimum Gasteiger partial charge on any atom is -0.461 e. The molecular weight excluding hydrogens is 372 g/mol. The van der Waals surface area contributed by atoms with E-state index in [1.807, 2.05) is 25.7 Å². The number of H-pyrrole nitrogens is 1. The summed E-state index contributed by atoms with van der Waals surface area (Å²) in [6.07, 6.45) is 3.94. The van der Waals surface area contributed by atoms with Crippen LogP contribution in [0.15, 0.2) is 27.6 Å². The van der Waals surface area contributed by atoms with Gasteiger partial charge >= 0.3 is 6.09 Å². The van der Waals surface area contributed by atoms with E-state index in [9.17, 15) is 9.59 Å². The average Bonchev–Trinajstić information content (AvgIpc) is 3.32. The Labute approximate surface area is 169 Å². The van der Waals surface area contributed by atoms with E-state index < -0.39 is 5.60 Å². The third-order valence-electron chi connectivity index (χ3n) is 5.38. The van der Waals surface area contributed by atoms with Crippen LogP contribution in [0.5, 0.6) is 0 Å². The molecule has 8 heteroatoms. The van der Waals surface area contributed by atoms with Gasteiger partial charge in [-0.05, 0) is 45.7 Å². The third kappa shape index (κ3) is 4.37. The third-order valence-corrected chi connectivity index (χ3v) is 5.38. The van der Waals surface area contributed by atoms with Gasteiger partial charge in [0.05, 0.1) is 17.5 Å². The second-order valence-corrected chi connectivity index (χ2v) is 8.77. The van der Waals surface area contributed by atoms with Crippen LogP contribution in [0.25, 0.3) is 11.6 Å². The first kappa shape index (κ1) is 19.7. The number of carbonyl (C=O) groups excluding carboxylic acids is 1. The summed E-state index contributed by atoms with van der Waals surface area (Å²) in [6, 6.07) is 3.67. The van der Waals surface area contributed by atoms with Gasteiger partial charge in [0.2, 0.25) is 0 Å². The number of nitrogens with one attached hydrogen (secondary N) is 1. The molecule has 1 saturated heterocycles. The van der Waals surface area contributed by atoms with Gasteiger partial charge in [0.25, 0.3) is 5.56 Å². The number of furan rings is 1. The highest BCUT2D eigenvalue weighted by atomic mass is 16.6. The zero-order valence-corrected chi connectivity index (χ0v) is 17.2. The Hall–Kier alpha value is -2.61. The topological polar surface area (TPSA) is 91.7 Å². The monoisotopic (exact) mass is 400 g/mol. The fraction of sp³-hybridized carbons (Fsp3) is 0.571. The Kier molecular flexibility index (Phi) is 5.21. The number of ether oxygens (including phenoxy) is 1. The molecule has 2 aromatic rings. The van der Waals surface area contributed by atoms with Crippen molar-refractivity contribution in [1.82, 2.24) is 19.8 Å². The van der Waals surface area contributed by atoms with Crippen LogP contribution in [0.2, 0.25) is 0 Å². The molecule has 0 radical (unpaired) electrons. The van der Waals surface area contributed by atoms with Crippen molar-refractivity contribution in [3.8, 4) is 11.6 Å². The average molecular weight is 400 g/mol. The van der Waals surface area contributed by atoms with E-state index in [0.717, 1.165) is 38.2 Å². The molecule has 0 aromatic carbocycles. The van der Waals surface area contributed by atoms with Crippen molar-refractivity contribution in [3.05, 3.63) is 40.0 Å². The van der Waals surface area contributed by atoms with Crippen molar-refractivity contribution in [3.63, 3.8) is 0 Å². The molecule has 0 spiro atoms. The van der Waals surface area contributed by atoms with Crippen molar-refractivity contribution >= 4 is 6.09 Å². The summed E-state index contributed by atoms with van der Waals surface area (Å²) in [5.74, 6) is 1.03. The Morgan fingerprint density at radius 2 is 2.21 bits per heavy atom. The van der Waals surface area contributed by atoms with Crippen LogP contribution < -0.4 is 5.56 Å². The van der Waals surface area contributed by atoms with Crippen molar-refractivity contribution in [1.29, 1.82) is 0 Å². The van der Waals surface area contributed by atoms with Gasteiger partial charge in [-0.1, -0.05) is 0 Å². The molecule has 2 aliphatic heterocycles. The number of carbonyl (C=O) groups is 1. The Balaban J connectivity index is 1.45. The number of aromatic amines is 1. The summed E-state index contributed by atoms with van der Waals surface area (Å²) >= 11 is 0. The summed E-state index contributed by atoms with van der Waals surface area (Å²) in [5, 5.41) is 0. The molecule has 1 fully saturated rings. The lowest BCUT2D eigenvalue weighted by Crippen LogP contribution is -2.47. The molecular formula is C21H28N4O4. The van der Waals surface area contributed by atoms with Crippen LogP contribution in [0.1, 0.15) is 44.9 Å². The van der Waals surface area contributed by atoms with Gasteiger partial charge in [-0.25, -0.2) is 9.78 Å². The molecule has 2 aromatic heterocycles. The van der Waals surface area contributed by atoms with E-state index in [1.54, 1.807) is 18.4 Å². The van der Waals surface area contributed by atoms with Crippen LogP contribution in [-0.4, -0.2) is 57.1 Å². The SMILES string of the molecule is CC(C)(C)OC(=O)N1CCCC1CN1CCc2nc(-c3ccco3)[nH]c(=O)c2C1. The molecule has 1 amide bonds. The van der Waals surface area contributed by atoms with E-state index in [0.29, 0.717) is 30.1 Å². The molecule has 1 unspecified atom stereocenters. The summed E-state index contributed by atoms with van der Waals surface area (Å²) in [7, 11) is 0. The van der Waals surface area contributed by atoms with Crippen LogP contribution in [-0.2, 0) is 17.7 Å². The minimum atomic E-state index is -0.501. The molecule has 1 N–H and O–H groups in total. The van der Waals surface area contributed by atoms with Crippen molar-refractivity contribution in [2.45, 2.75) is 58.2 Å². The van der Waals surface area contributed by atoms with Crippen LogP contribution in [0, 0.1) is 0 Å². The van der Waals surface area contributed by atoms with Crippen LogP contribution in [0.4, 0.5) is 4.79 Å². The van der Waals surface area contributed by atoms with Crippen molar-refractivity contribution < 1.29 is 13.9 Å². The predicted molar refractivity (Wildman–Crippen MR) is 108 cm³/mol. The zero-order valence-electron chi connectivity index (χ0n) is 17.2. The fourth-order valence-electron chi connectivity index (χ4n) is 4.05. The van der Waals surface area contributed by atoms with Gasteiger partial charge < -0.3 is 19.0 Å². The second kappa shape index (κ2) is 7.67. The quantitative estimate of drug-likeness (QED) is 0.852. The van der Waals surface area contributed by atoms with E-state index in [4.69, 9.17) is 9.15 Å². The lowest BCUT2D eigenvalue weighted by atomic mass is 10.1. The number of nitrogens with zero attached hydrogens (tertiary/aromatic N) is 3. The summed E-state index contributed by atoms with van der Waals surface area (Å²) in [6.45, 7) is 8.45. The number of fused-ring (bicyclic) bond motifs is 1. The molecule has 1 atom stereocenters. The minimum absolute atomic E-state index is 0.112. The van der Waals surface area contributed by atoms with Crippen molar-refractivity contribution in [2.75, 3.05) is 19.6 Å². The van der Waals surface area contributed by atoms with Crippen molar-refractivity contribution in [2.24, 2.45) is 0 Å². The lowest BCUT2D eigenvalue weighted by molar-refractivity contribution is 0.0192. The van der Waals surface area contributed by atoms with Crippen LogP contribution >= 0.6 is 0 Å². The van der Waals surface area contributed by atoms with E-state index >= 15 is 0 Å². The lowest BCUT2D eigenvalue weighted by Gasteiger charge is -2.34. The Bertz CT molecular complexity index is 929. The summed E-state index contributed by atoms with van der Waals surface area (Å²) in [4.78, 5) is 36.7. The molecule has 0 aliphatic carbocycles. The van der Waals surface area contributed by atoms with Crippen LogP contribution in [0.3, 0.4) is 0 Å². The second-order valence-electron chi connectivity index (χ2n) is 8.77. The molecule has 4 rings (SSSR count). The standard InChI is InChI=1S/C21H28N4O4/c1-21(2,3)29-20(27)25-9-4-6-14(25)12-24-10-8-16-15(13-24)19(26)23-18(22-16)17-7-5-11-28-17/h5,7,11,14H,4,6,8-10,12-13H2,1-3H3,(H,22,23,26). The molecule has 2 aliphatic rings. The molecule has 29 heavy (non-hydrogen) atoms. The maximum atomic E-state index is 12.6. The first-order valence-corrected chi connectivity index (χ1v) is 10.2. The molecule has 8 nitrogen and oxygen atoms in total. The number of amides is 1. The maximum Gasteiger partial charge on any atom is 0.410 e. The highest BCUT2D eigenvalue weighted by Crippen LogP contribution is 2.24. The highest BCUT2D eigenvalue weighted by Gasteiger charge is 2.34. The molecule has 156 valence electrons. The highest BCUT2D eigenvalue weighted by molar-refractivity contribution is 5.69. The molecule has 4 heterocycles. The van der Waals surface area contributed by atoms with Gasteiger partial charge in [0.15, 0.2) is 11.6 Å². The largest absolute Gasteiger partial charge is 0.461 e. The number of aromatic nitrogens is 2.